The van der Waals surface area contributed by atoms with Gasteiger partial charge < -0.3 is 5.73 Å². The van der Waals surface area contributed by atoms with Gasteiger partial charge in [-0.25, -0.2) is 0 Å². The lowest BCUT2D eigenvalue weighted by Gasteiger charge is -2.29. The normalized spacial score (nSPS) is 21.7. The molecule has 11 heteroatoms. The number of fused-ring (bicyclic) bond motifs is 1. The van der Waals surface area contributed by atoms with Crippen LogP contribution < -0.4 is 5.73 Å². The number of hydrogen-bond acceptors (Lipinski definition) is 5. The van der Waals surface area contributed by atoms with E-state index in [1.807, 2.05) is 0 Å². The summed E-state index contributed by atoms with van der Waals surface area (Å²) in [4.78, 5) is 27.3. The Balaban J connectivity index is 1.32. The lowest BCUT2D eigenvalue weighted by molar-refractivity contribution is -0.138. The second-order valence-corrected chi connectivity index (χ2v) is 11.3. The quantitative estimate of drug-likeness (QED) is 0.344. The third-order valence-corrected chi connectivity index (χ3v) is 8.42. The van der Waals surface area contributed by atoms with E-state index in [0.29, 0.717) is 46.3 Å². The van der Waals surface area contributed by atoms with Gasteiger partial charge in [-0.15, -0.1) is 0 Å². The third kappa shape index (κ3) is 5.62. The van der Waals surface area contributed by atoms with Gasteiger partial charge in [0.15, 0.2) is 0 Å². The number of thioether (sulfide) groups is 1. The Hall–Kier alpha value is -2.82. The third-order valence-electron chi connectivity index (χ3n) is 7.28. The Bertz CT molecular complexity index is 1410. The number of imide groups is 1. The molecule has 3 aromatic rings. The average molecular weight is 563 g/mol. The molecule has 5 rings (SSSR count). The van der Waals surface area contributed by atoms with Crippen LogP contribution in [-0.4, -0.2) is 38.9 Å². The maximum atomic E-state index is 13.5. The van der Waals surface area contributed by atoms with Crippen molar-refractivity contribution in [2.45, 2.75) is 38.4 Å². The smallest absolute Gasteiger partial charge is 0.330 e. The molecule has 1 saturated carbocycles. The molecule has 1 aliphatic heterocycles. The largest absolute Gasteiger partial charge is 0.416 e. The van der Waals surface area contributed by atoms with Crippen molar-refractivity contribution in [2.75, 3.05) is 13.1 Å². The zero-order chi connectivity index (χ0) is 27.0. The van der Waals surface area contributed by atoms with Crippen molar-refractivity contribution < 1.29 is 22.8 Å². The van der Waals surface area contributed by atoms with Crippen LogP contribution in [0.15, 0.2) is 47.5 Å². The summed E-state index contributed by atoms with van der Waals surface area (Å²) >= 11 is 6.72. The maximum absolute atomic E-state index is 13.5. The molecule has 1 saturated heterocycles. The molecule has 0 atom stereocenters. The van der Waals surface area contributed by atoms with Crippen molar-refractivity contribution in [3.05, 3.63) is 69.2 Å². The molecule has 0 radical (unpaired) electrons. The fraction of sp³-hybridized carbons (Fsp3) is 0.370. The van der Waals surface area contributed by atoms with Crippen molar-refractivity contribution in [2.24, 2.45) is 17.6 Å². The van der Waals surface area contributed by atoms with Crippen molar-refractivity contribution in [3.63, 3.8) is 0 Å². The van der Waals surface area contributed by atoms with Gasteiger partial charge in [0.05, 0.1) is 28.7 Å². The number of nitrogens with zero attached hydrogens (tertiary/aromatic N) is 3. The number of carbonyl (C=O) groups is 2. The maximum Gasteiger partial charge on any atom is 0.416 e. The van der Waals surface area contributed by atoms with Gasteiger partial charge in [0.2, 0.25) is 0 Å². The van der Waals surface area contributed by atoms with Crippen LogP contribution >= 0.6 is 23.4 Å². The van der Waals surface area contributed by atoms with Crippen LogP contribution in [0.4, 0.5) is 18.0 Å². The van der Waals surface area contributed by atoms with Gasteiger partial charge in [0.1, 0.15) is 0 Å². The van der Waals surface area contributed by atoms with E-state index in [2.05, 4.69) is 5.10 Å². The van der Waals surface area contributed by atoms with Crippen LogP contribution in [0.2, 0.25) is 5.02 Å². The van der Waals surface area contributed by atoms with E-state index < -0.39 is 11.7 Å². The zero-order valence-electron chi connectivity index (χ0n) is 20.4. The molecule has 200 valence electrons. The lowest BCUT2D eigenvalue weighted by atomic mass is 9.82. The van der Waals surface area contributed by atoms with Gasteiger partial charge in [-0.2, -0.15) is 18.3 Å². The molecule has 2 N–H and O–H groups in total. The van der Waals surface area contributed by atoms with Gasteiger partial charge in [0.25, 0.3) is 11.1 Å². The minimum atomic E-state index is -4.54. The van der Waals surface area contributed by atoms with E-state index in [0.717, 1.165) is 43.5 Å². The highest BCUT2D eigenvalue weighted by Crippen LogP contribution is 2.37. The minimum absolute atomic E-state index is 0.0134. The number of carbonyl (C=O) groups excluding carboxylic acids is 2. The van der Waals surface area contributed by atoms with Crippen LogP contribution in [0.5, 0.6) is 0 Å². The first kappa shape index (κ1) is 26.8. The molecule has 2 fully saturated rings. The highest BCUT2D eigenvalue weighted by molar-refractivity contribution is 8.18. The Morgan fingerprint density at radius 3 is 2.53 bits per heavy atom. The van der Waals surface area contributed by atoms with Gasteiger partial charge in [-0.05, 0) is 97.3 Å². The van der Waals surface area contributed by atoms with Crippen LogP contribution in [-0.2, 0) is 17.5 Å². The summed E-state index contributed by atoms with van der Waals surface area (Å²) in [6.07, 6.45) is 2.68. The number of nitrogens with two attached hydrogens (primary N) is 1. The number of amides is 2. The molecule has 2 aliphatic rings. The monoisotopic (exact) mass is 562 g/mol. The molecule has 0 unspecified atom stereocenters. The van der Waals surface area contributed by atoms with Gasteiger partial charge in [0, 0.05) is 17.0 Å². The predicted octanol–water partition coefficient (Wildman–Crippen LogP) is 6.56. The van der Waals surface area contributed by atoms with E-state index in [4.69, 9.17) is 17.3 Å². The van der Waals surface area contributed by atoms with E-state index in [1.165, 1.54) is 21.7 Å². The standard InChI is InChI=1S/C27H26ClF3N4O2S/c28-21-7-6-19(22(11-21)27(29,30)31)15-35-23-8-5-18(9-20(23)13-33-35)10-24-25(36)34(26(37)38-24)14-17-3-1-16(12-32)2-4-17/h5-11,13,16-17H,1-4,12,14-15,32H2. The topological polar surface area (TPSA) is 81.2 Å². The molecule has 2 heterocycles. The van der Waals surface area contributed by atoms with Crippen molar-refractivity contribution >= 4 is 51.5 Å². The van der Waals surface area contributed by atoms with E-state index >= 15 is 0 Å². The Kier molecular flexibility index (Phi) is 7.57. The highest BCUT2D eigenvalue weighted by Gasteiger charge is 2.37. The Labute approximate surface area is 227 Å². The van der Waals surface area contributed by atoms with Gasteiger partial charge in [-0.1, -0.05) is 23.7 Å². The predicted molar refractivity (Wildman–Crippen MR) is 142 cm³/mol. The molecule has 0 bridgehead atoms. The first-order valence-electron chi connectivity index (χ1n) is 12.4. The molecule has 6 nitrogen and oxygen atoms in total. The number of alkyl halides is 3. The van der Waals surface area contributed by atoms with E-state index in [-0.39, 0.29) is 28.3 Å². The number of rotatable bonds is 6. The summed E-state index contributed by atoms with van der Waals surface area (Å²) in [5.74, 6) is 0.531. The van der Waals surface area contributed by atoms with E-state index in [1.54, 1.807) is 30.5 Å². The van der Waals surface area contributed by atoms with Crippen LogP contribution in [0.3, 0.4) is 0 Å². The second-order valence-electron chi connectivity index (χ2n) is 9.83. The number of halogens is 4. The zero-order valence-corrected chi connectivity index (χ0v) is 22.0. The minimum Gasteiger partial charge on any atom is -0.330 e. The van der Waals surface area contributed by atoms with Crippen LogP contribution in [0, 0.1) is 11.8 Å². The summed E-state index contributed by atoms with van der Waals surface area (Å²) in [7, 11) is 0. The Morgan fingerprint density at radius 1 is 1.08 bits per heavy atom. The molecule has 38 heavy (non-hydrogen) atoms. The van der Waals surface area contributed by atoms with Gasteiger partial charge in [-0.3, -0.25) is 19.2 Å². The molecule has 1 aromatic heterocycles. The number of hydrogen-bond donors (Lipinski definition) is 1. The van der Waals surface area contributed by atoms with Crippen LogP contribution in [0.1, 0.15) is 42.4 Å². The summed E-state index contributed by atoms with van der Waals surface area (Å²) in [5, 5.41) is 4.73. The average Bonchev–Trinajstić information content (AvgIpc) is 3.40. The molecular formula is C27H26ClF3N4O2S. The lowest BCUT2D eigenvalue weighted by Crippen LogP contribution is -2.35. The summed E-state index contributed by atoms with van der Waals surface area (Å²) in [6.45, 7) is 1.02. The number of benzene rings is 2. The first-order valence-corrected chi connectivity index (χ1v) is 13.6. The fourth-order valence-electron chi connectivity index (χ4n) is 5.15. The van der Waals surface area contributed by atoms with Gasteiger partial charge >= 0.3 is 6.18 Å². The van der Waals surface area contributed by atoms with Crippen molar-refractivity contribution in [1.29, 1.82) is 0 Å². The SMILES string of the molecule is NCC1CCC(CN2C(=O)SC(=Cc3ccc4c(cnn4Cc4ccc(Cl)cc4C(F)(F)F)c3)C2=O)CC1. The van der Waals surface area contributed by atoms with Crippen molar-refractivity contribution in [3.8, 4) is 0 Å². The summed E-state index contributed by atoms with van der Waals surface area (Å²) < 4.78 is 42.0. The number of aromatic nitrogens is 2. The molecule has 0 spiro atoms. The summed E-state index contributed by atoms with van der Waals surface area (Å²) in [6, 6.07) is 9.00. The fourth-order valence-corrected chi connectivity index (χ4v) is 6.17. The van der Waals surface area contributed by atoms with E-state index in [9.17, 15) is 22.8 Å². The van der Waals surface area contributed by atoms with Crippen LogP contribution in [0.25, 0.3) is 17.0 Å². The molecule has 2 amide bonds. The summed E-state index contributed by atoms with van der Waals surface area (Å²) in [5.41, 5.74) is 6.37. The Morgan fingerprint density at radius 2 is 1.82 bits per heavy atom. The molecule has 2 aromatic carbocycles. The molecule has 1 aliphatic carbocycles. The highest BCUT2D eigenvalue weighted by atomic mass is 35.5. The second kappa shape index (κ2) is 10.7. The first-order chi connectivity index (χ1) is 18.1. The van der Waals surface area contributed by atoms with Crippen molar-refractivity contribution in [1.82, 2.24) is 14.7 Å². The molecular weight excluding hydrogens is 537 g/mol.